The van der Waals surface area contributed by atoms with E-state index in [1.807, 2.05) is 37.3 Å². The maximum absolute atomic E-state index is 11.6. The van der Waals surface area contributed by atoms with Crippen LogP contribution >= 0.6 is 15.9 Å². The van der Waals surface area contributed by atoms with Crippen LogP contribution in [0.4, 0.5) is 10.7 Å². The molecule has 1 heterocycles. The molecule has 0 saturated carbocycles. The Morgan fingerprint density at radius 3 is 2.74 bits per heavy atom. The molecule has 0 aliphatic rings. The molecule has 0 bridgehead atoms. The largest absolute Gasteiger partial charge is 0.444 e. The summed E-state index contributed by atoms with van der Waals surface area (Å²) < 4.78 is 5.68. The average molecular weight is 322 g/mol. The van der Waals surface area contributed by atoms with E-state index in [9.17, 15) is 4.79 Å². The second-order valence-corrected chi connectivity index (χ2v) is 4.65. The molecule has 6 heteroatoms. The zero-order valence-corrected chi connectivity index (χ0v) is 11.8. The summed E-state index contributed by atoms with van der Waals surface area (Å²) in [6.07, 6.45) is -0.582. The number of hydrogen-bond acceptors (Lipinski definition) is 4. The van der Waals surface area contributed by atoms with Gasteiger partial charge in [-0.25, -0.2) is 14.8 Å². The minimum absolute atomic E-state index is 0.208. The smallest absolute Gasteiger partial charge is 0.414 e. The van der Waals surface area contributed by atoms with Crippen molar-refractivity contribution in [3.8, 4) is 0 Å². The minimum atomic E-state index is -0.582. The number of aryl methyl sites for hydroxylation is 1. The molecule has 0 unspecified atom stereocenters. The second kappa shape index (κ2) is 6.29. The van der Waals surface area contributed by atoms with Gasteiger partial charge in [0.1, 0.15) is 11.2 Å². The van der Waals surface area contributed by atoms with E-state index in [1.165, 1.54) is 0 Å². The molecule has 0 atom stereocenters. The van der Waals surface area contributed by atoms with Gasteiger partial charge in [-0.05, 0) is 34.5 Å². The van der Waals surface area contributed by atoms with E-state index in [4.69, 9.17) is 4.74 Å². The summed E-state index contributed by atoms with van der Waals surface area (Å²) in [6, 6.07) is 11.2. The van der Waals surface area contributed by atoms with Crippen LogP contribution in [-0.4, -0.2) is 16.1 Å². The Hall–Kier alpha value is -1.95. The molecule has 0 radical (unpaired) electrons. The zero-order valence-electron chi connectivity index (χ0n) is 10.3. The van der Waals surface area contributed by atoms with Crippen molar-refractivity contribution in [2.75, 3.05) is 5.32 Å². The van der Waals surface area contributed by atoms with Gasteiger partial charge >= 0.3 is 6.09 Å². The summed E-state index contributed by atoms with van der Waals surface area (Å²) >= 11 is 3.24. The summed E-state index contributed by atoms with van der Waals surface area (Å²) in [5.74, 6) is 0.213. The quantitative estimate of drug-likeness (QED) is 0.881. The molecular weight excluding hydrogens is 310 g/mol. The topological polar surface area (TPSA) is 64.1 Å². The zero-order chi connectivity index (χ0) is 13.7. The monoisotopic (exact) mass is 321 g/mol. The number of nitrogens with zero attached hydrogens (tertiary/aromatic N) is 2. The first kappa shape index (κ1) is 13.5. The van der Waals surface area contributed by atoms with Crippen molar-refractivity contribution < 1.29 is 9.53 Å². The van der Waals surface area contributed by atoms with Crippen LogP contribution in [0.2, 0.25) is 0 Å². The summed E-state index contributed by atoms with van der Waals surface area (Å²) in [6.45, 7) is 2.02. The highest BCUT2D eigenvalue weighted by Gasteiger charge is 2.07. The van der Waals surface area contributed by atoms with E-state index < -0.39 is 6.09 Å². The summed E-state index contributed by atoms with van der Waals surface area (Å²) in [7, 11) is 0. The van der Waals surface area contributed by atoms with Crippen molar-refractivity contribution >= 4 is 28.0 Å². The number of carbonyl (C=O) groups is 1. The van der Waals surface area contributed by atoms with Gasteiger partial charge in [0, 0.05) is 5.69 Å². The van der Waals surface area contributed by atoms with Crippen molar-refractivity contribution in [2.24, 2.45) is 0 Å². The lowest BCUT2D eigenvalue weighted by Crippen LogP contribution is -2.15. The fraction of sp³-hybridized carbons (Fsp3) is 0.154. The van der Waals surface area contributed by atoms with Crippen LogP contribution in [0, 0.1) is 6.92 Å². The van der Waals surface area contributed by atoms with Crippen molar-refractivity contribution in [2.45, 2.75) is 13.5 Å². The average Bonchev–Trinajstić information content (AvgIpc) is 2.36. The molecular formula is C13H12BrN3O2. The number of halogens is 1. The third kappa shape index (κ3) is 4.33. The van der Waals surface area contributed by atoms with Gasteiger partial charge in [0.15, 0.2) is 0 Å². The van der Waals surface area contributed by atoms with Gasteiger partial charge < -0.3 is 4.74 Å². The summed E-state index contributed by atoms with van der Waals surface area (Å²) in [4.78, 5) is 19.7. The lowest BCUT2D eigenvalue weighted by molar-refractivity contribution is 0.155. The first-order chi connectivity index (χ1) is 9.13. The van der Waals surface area contributed by atoms with Gasteiger partial charge in [-0.3, -0.25) is 5.32 Å². The third-order valence-corrected chi connectivity index (χ3v) is 2.66. The Balaban J connectivity index is 1.91. The summed E-state index contributed by atoms with van der Waals surface area (Å²) in [5, 5.41) is 2.48. The first-order valence-corrected chi connectivity index (χ1v) is 6.41. The molecule has 0 aliphatic carbocycles. The van der Waals surface area contributed by atoms with Crippen LogP contribution in [0.25, 0.3) is 0 Å². The van der Waals surface area contributed by atoms with Crippen LogP contribution in [0.5, 0.6) is 0 Å². The Morgan fingerprint density at radius 1 is 1.32 bits per heavy atom. The standard InChI is InChI=1S/C13H12BrN3O2/c1-9-7-11(14)16-12(15-9)17-13(18)19-8-10-5-3-2-4-6-10/h2-7H,8H2,1H3,(H,15,16,17,18). The Bertz CT molecular complexity index is 555. The van der Waals surface area contributed by atoms with Gasteiger partial charge in [-0.15, -0.1) is 0 Å². The van der Waals surface area contributed by atoms with Crippen molar-refractivity contribution in [3.63, 3.8) is 0 Å². The number of nitrogens with one attached hydrogen (secondary N) is 1. The lowest BCUT2D eigenvalue weighted by atomic mass is 10.2. The van der Waals surface area contributed by atoms with Gasteiger partial charge in [-0.1, -0.05) is 30.3 Å². The predicted octanol–water partition coefficient (Wildman–Crippen LogP) is 3.30. The van der Waals surface area contributed by atoms with Gasteiger partial charge in [0.25, 0.3) is 0 Å². The van der Waals surface area contributed by atoms with Gasteiger partial charge in [0.05, 0.1) is 0 Å². The molecule has 2 rings (SSSR count). The number of rotatable bonds is 3. The fourth-order valence-corrected chi connectivity index (χ4v) is 1.94. The van der Waals surface area contributed by atoms with E-state index in [1.54, 1.807) is 6.07 Å². The van der Waals surface area contributed by atoms with Crippen LogP contribution < -0.4 is 5.32 Å². The Morgan fingerprint density at radius 2 is 2.05 bits per heavy atom. The van der Waals surface area contributed by atoms with Crippen molar-refractivity contribution in [1.82, 2.24) is 9.97 Å². The van der Waals surface area contributed by atoms with Crippen LogP contribution in [0.1, 0.15) is 11.3 Å². The van der Waals surface area contributed by atoms with E-state index in [-0.39, 0.29) is 12.6 Å². The third-order valence-electron chi connectivity index (χ3n) is 2.25. The van der Waals surface area contributed by atoms with E-state index in [2.05, 4.69) is 31.2 Å². The highest BCUT2D eigenvalue weighted by Crippen LogP contribution is 2.11. The number of benzene rings is 1. The van der Waals surface area contributed by atoms with E-state index in [0.29, 0.717) is 4.60 Å². The normalized spacial score (nSPS) is 10.0. The second-order valence-electron chi connectivity index (χ2n) is 3.84. The maximum Gasteiger partial charge on any atom is 0.414 e. The van der Waals surface area contributed by atoms with Crippen LogP contribution in [0.15, 0.2) is 41.0 Å². The Kier molecular flexibility index (Phi) is 4.46. The molecule has 2 aromatic rings. The van der Waals surface area contributed by atoms with Crippen LogP contribution in [-0.2, 0) is 11.3 Å². The molecule has 1 amide bonds. The molecule has 19 heavy (non-hydrogen) atoms. The molecule has 0 aliphatic heterocycles. The molecule has 0 saturated heterocycles. The van der Waals surface area contributed by atoms with Gasteiger partial charge in [-0.2, -0.15) is 0 Å². The lowest BCUT2D eigenvalue weighted by Gasteiger charge is -2.06. The van der Waals surface area contributed by atoms with E-state index in [0.717, 1.165) is 11.3 Å². The molecule has 1 N–H and O–H groups in total. The number of anilines is 1. The van der Waals surface area contributed by atoms with E-state index >= 15 is 0 Å². The first-order valence-electron chi connectivity index (χ1n) is 5.62. The number of carbonyl (C=O) groups excluding carboxylic acids is 1. The van der Waals surface area contributed by atoms with Gasteiger partial charge in [0.2, 0.25) is 5.95 Å². The maximum atomic E-state index is 11.6. The molecule has 98 valence electrons. The fourth-order valence-electron chi connectivity index (χ4n) is 1.44. The highest BCUT2D eigenvalue weighted by atomic mass is 79.9. The molecule has 0 spiro atoms. The SMILES string of the molecule is Cc1cc(Br)nc(NC(=O)OCc2ccccc2)n1. The molecule has 5 nitrogen and oxygen atoms in total. The Labute approximate surface area is 119 Å². The highest BCUT2D eigenvalue weighted by molar-refractivity contribution is 9.10. The minimum Gasteiger partial charge on any atom is -0.444 e. The summed E-state index contributed by atoms with van der Waals surface area (Å²) in [5.41, 5.74) is 1.67. The molecule has 1 aromatic carbocycles. The number of amides is 1. The number of aromatic nitrogens is 2. The number of hydrogen-bond donors (Lipinski definition) is 1. The molecule has 0 fully saturated rings. The number of ether oxygens (including phenoxy) is 1. The van der Waals surface area contributed by atoms with Crippen molar-refractivity contribution in [3.05, 3.63) is 52.3 Å². The molecule has 1 aromatic heterocycles. The predicted molar refractivity (Wildman–Crippen MR) is 74.7 cm³/mol. The van der Waals surface area contributed by atoms with Crippen molar-refractivity contribution in [1.29, 1.82) is 0 Å². The van der Waals surface area contributed by atoms with Crippen LogP contribution in [0.3, 0.4) is 0 Å².